The number of aliphatic carboxylic acids is 1. The Kier molecular flexibility index (Phi) is 4.15. The van der Waals surface area contributed by atoms with Crippen molar-refractivity contribution in [3.05, 3.63) is 18.5 Å². The van der Waals surface area contributed by atoms with Crippen molar-refractivity contribution in [3.63, 3.8) is 0 Å². The van der Waals surface area contributed by atoms with Crippen molar-refractivity contribution in [3.8, 4) is 0 Å². The lowest BCUT2D eigenvalue weighted by Gasteiger charge is -2.12. The maximum Gasteiger partial charge on any atom is 0.313 e. The number of rotatable bonds is 6. The van der Waals surface area contributed by atoms with Crippen LogP contribution in [0.15, 0.2) is 17.8 Å². The molecule has 1 atom stereocenters. The first-order chi connectivity index (χ1) is 9.13. The molecule has 1 N–H and O–H groups in total. The molecule has 19 heavy (non-hydrogen) atoms. The van der Waals surface area contributed by atoms with Crippen LogP contribution >= 0.6 is 11.8 Å². The number of carbonyl (C=O) groups is 1. The fraction of sp³-hybridized carbons (Fsp3) is 0.500. The van der Waals surface area contributed by atoms with E-state index in [1.807, 2.05) is 18.4 Å². The molecule has 9 heteroatoms. The maximum atomic E-state index is 10.6. The molecule has 0 aliphatic rings. The zero-order valence-electron chi connectivity index (χ0n) is 10.6. The van der Waals surface area contributed by atoms with Gasteiger partial charge in [0.15, 0.2) is 11.0 Å². The lowest BCUT2D eigenvalue weighted by molar-refractivity contribution is -0.133. The molecule has 0 radical (unpaired) electrons. The Balaban J connectivity index is 2.24. The van der Waals surface area contributed by atoms with Crippen LogP contribution in [-0.4, -0.2) is 46.4 Å². The molecule has 0 aromatic carbocycles. The molecule has 0 aliphatic heterocycles. The van der Waals surface area contributed by atoms with Crippen LogP contribution in [0.4, 0.5) is 0 Å². The molecule has 102 valence electrons. The fourth-order valence-electron chi connectivity index (χ4n) is 1.68. The lowest BCUT2D eigenvalue weighted by atomic mass is 10.3. The van der Waals surface area contributed by atoms with Crippen LogP contribution in [0.2, 0.25) is 0 Å². The van der Waals surface area contributed by atoms with Gasteiger partial charge >= 0.3 is 5.97 Å². The van der Waals surface area contributed by atoms with Crippen LogP contribution in [0.25, 0.3) is 0 Å². The predicted octanol–water partition coefficient (Wildman–Crippen LogP) is 0.675. The molecule has 0 saturated heterocycles. The van der Waals surface area contributed by atoms with Crippen molar-refractivity contribution < 1.29 is 9.90 Å². The van der Waals surface area contributed by atoms with E-state index in [0.29, 0.717) is 11.7 Å². The van der Waals surface area contributed by atoms with E-state index in [2.05, 4.69) is 20.3 Å². The molecular formula is C10H14N6O2S. The number of hydrogen-bond donors (Lipinski definition) is 1. The first kappa shape index (κ1) is 13.5. The zero-order chi connectivity index (χ0) is 13.8. The first-order valence-electron chi connectivity index (χ1n) is 5.75. The number of hydrogen-bond acceptors (Lipinski definition) is 6. The van der Waals surface area contributed by atoms with Gasteiger partial charge in [0.2, 0.25) is 0 Å². The molecule has 0 spiro atoms. The monoisotopic (exact) mass is 282 g/mol. The van der Waals surface area contributed by atoms with Gasteiger partial charge in [-0.25, -0.2) is 9.67 Å². The second kappa shape index (κ2) is 5.83. The summed E-state index contributed by atoms with van der Waals surface area (Å²) in [4.78, 5) is 14.5. The Morgan fingerprint density at radius 3 is 2.89 bits per heavy atom. The van der Waals surface area contributed by atoms with Gasteiger partial charge in [-0.15, -0.1) is 10.2 Å². The molecule has 2 heterocycles. The molecule has 2 rings (SSSR count). The second-order valence-corrected chi connectivity index (χ2v) is 4.76. The molecule has 0 amide bonds. The van der Waals surface area contributed by atoms with Crippen LogP contribution in [0.1, 0.15) is 25.7 Å². The number of aromatic nitrogens is 6. The second-order valence-electron chi connectivity index (χ2n) is 3.82. The highest BCUT2D eigenvalue weighted by Gasteiger charge is 2.19. The Labute approximate surface area is 113 Å². The van der Waals surface area contributed by atoms with Crippen molar-refractivity contribution in [2.45, 2.75) is 31.6 Å². The Hall–Kier alpha value is -1.90. The van der Waals surface area contributed by atoms with Crippen molar-refractivity contribution >= 4 is 17.7 Å². The third kappa shape index (κ3) is 2.92. The summed E-state index contributed by atoms with van der Waals surface area (Å²) in [5, 5.41) is 21.6. The minimum atomic E-state index is -0.874. The molecule has 2 aromatic heterocycles. The minimum Gasteiger partial charge on any atom is -0.481 e. The molecule has 0 bridgehead atoms. The quantitative estimate of drug-likeness (QED) is 0.777. The molecular weight excluding hydrogens is 268 g/mol. The van der Waals surface area contributed by atoms with E-state index in [0.717, 1.165) is 17.6 Å². The summed E-state index contributed by atoms with van der Waals surface area (Å²) in [6.07, 6.45) is 3.08. The van der Waals surface area contributed by atoms with E-state index < -0.39 is 5.97 Å². The van der Waals surface area contributed by atoms with Gasteiger partial charge in [-0.3, -0.25) is 4.79 Å². The summed E-state index contributed by atoms with van der Waals surface area (Å²) in [5.41, 5.74) is 0. The summed E-state index contributed by atoms with van der Waals surface area (Å²) in [6.45, 7) is 4.57. The van der Waals surface area contributed by atoms with Crippen molar-refractivity contribution in [2.75, 3.05) is 5.75 Å². The van der Waals surface area contributed by atoms with Crippen LogP contribution in [0.5, 0.6) is 0 Å². The van der Waals surface area contributed by atoms with E-state index in [4.69, 9.17) is 5.11 Å². The van der Waals surface area contributed by atoms with Crippen molar-refractivity contribution in [2.24, 2.45) is 0 Å². The Morgan fingerprint density at radius 1 is 1.53 bits per heavy atom. The van der Waals surface area contributed by atoms with Crippen LogP contribution in [0, 0.1) is 0 Å². The highest BCUT2D eigenvalue weighted by molar-refractivity contribution is 7.99. The summed E-state index contributed by atoms with van der Waals surface area (Å²) < 4.78 is 3.57. The van der Waals surface area contributed by atoms with Gasteiger partial charge in [0.25, 0.3) is 0 Å². The van der Waals surface area contributed by atoms with Gasteiger partial charge in [-0.05, 0) is 13.8 Å². The number of nitrogens with zero attached hydrogens (tertiary/aromatic N) is 6. The third-order valence-corrected chi connectivity index (χ3v) is 3.55. The number of thioether (sulfide) groups is 1. The van der Waals surface area contributed by atoms with Gasteiger partial charge in [0.1, 0.15) is 18.7 Å². The summed E-state index contributed by atoms with van der Waals surface area (Å²) in [7, 11) is 0. The van der Waals surface area contributed by atoms with Gasteiger partial charge in [0.05, 0.1) is 5.75 Å². The van der Waals surface area contributed by atoms with Crippen molar-refractivity contribution in [1.82, 2.24) is 29.5 Å². The maximum absolute atomic E-state index is 10.6. The average molecular weight is 282 g/mol. The van der Waals surface area contributed by atoms with Gasteiger partial charge in [-0.2, -0.15) is 5.10 Å². The zero-order valence-corrected chi connectivity index (χ0v) is 11.4. The smallest absolute Gasteiger partial charge is 0.313 e. The minimum absolute atomic E-state index is 0.0319. The Morgan fingerprint density at radius 2 is 2.32 bits per heavy atom. The fourth-order valence-corrected chi connectivity index (χ4v) is 2.40. The SMILES string of the molecule is CCn1c(SCC(=O)O)nnc1C(C)n1cncn1. The highest BCUT2D eigenvalue weighted by atomic mass is 32.2. The third-order valence-electron chi connectivity index (χ3n) is 2.59. The number of carboxylic acid groups (broad SMARTS) is 1. The highest BCUT2D eigenvalue weighted by Crippen LogP contribution is 2.21. The largest absolute Gasteiger partial charge is 0.481 e. The normalized spacial score (nSPS) is 12.5. The summed E-state index contributed by atoms with van der Waals surface area (Å²) >= 11 is 1.16. The first-order valence-corrected chi connectivity index (χ1v) is 6.73. The van der Waals surface area contributed by atoms with Gasteiger partial charge in [0, 0.05) is 6.54 Å². The van der Waals surface area contributed by atoms with Crippen LogP contribution < -0.4 is 0 Å². The Bertz CT molecular complexity index is 552. The summed E-state index contributed by atoms with van der Waals surface area (Å²) in [6, 6.07) is -0.103. The van der Waals surface area contributed by atoms with E-state index in [1.54, 1.807) is 11.0 Å². The molecule has 0 saturated carbocycles. The molecule has 0 aliphatic carbocycles. The van der Waals surface area contributed by atoms with Crippen molar-refractivity contribution in [1.29, 1.82) is 0 Å². The van der Waals surface area contributed by atoms with Crippen LogP contribution in [-0.2, 0) is 11.3 Å². The summed E-state index contributed by atoms with van der Waals surface area (Å²) in [5.74, 6) is -0.169. The van der Waals surface area contributed by atoms with E-state index in [9.17, 15) is 4.79 Å². The van der Waals surface area contributed by atoms with E-state index >= 15 is 0 Å². The molecule has 1 unspecified atom stereocenters. The topological polar surface area (TPSA) is 98.7 Å². The van der Waals surface area contributed by atoms with E-state index in [-0.39, 0.29) is 11.8 Å². The predicted molar refractivity (Wildman–Crippen MR) is 67.9 cm³/mol. The standard InChI is InChI=1S/C10H14N6O2S/c1-3-15-9(7(2)16-6-11-5-12-16)13-14-10(15)19-4-8(17)18/h5-7H,3-4H2,1-2H3,(H,17,18). The van der Waals surface area contributed by atoms with Gasteiger partial charge in [-0.1, -0.05) is 11.8 Å². The van der Waals surface area contributed by atoms with Crippen LogP contribution in [0.3, 0.4) is 0 Å². The van der Waals surface area contributed by atoms with E-state index in [1.165, 1.54) is 6.33 Å². The molecule has 2 aromatic rings. The average Bonchev–Trinajstić information content (AvgIpc) is 3.04. The van der Waals surface area contributed by atoms with Gasteiger partial charge < -0.3 is 9.67 Å². The number of carboxylic acids is 1. The molecule has 0 fully saturated rings. The molecule has 8 nitrogen and oxygen atoms in total. The lowest BCUT2D eigenvalue weighted by Crippen LogP contribution is -2.14.